The lowest BCUT2D eigenvalue weighted by atomic mass is 9.79. The van der Waals surface area contributed by atoms with Crippen LogP contribution >= 0.6 is 0 Å². The van der Waals surface area contributed by atoms with E-state index in [0.717, 1.165) is 57.7 Å². The summed E-state index contributed by atoms with van der Waals surface area (Å²) in [4.78, 5) is 30.6. The molecule has 3 amide bonds. The van der Waals surface area contributed by atoms with E-state index in [1.54, 1.807) is 0 Å². The number of carbonyl (C=O) groups is 2. The zero-order valence-corrected chi connectivity index (χ0v) is 15.8. The summed E-state index contributed by atoms with van der Waals surface area (Å²) in [5.74, 6) is 1.04. The van der Waals surface area contributed by atoms with Crippen molar-refractivity contribution in [2.75, 3.05) is 26.2 Å². The highest BCUT2D eigenvalue weighted by Crippen LogP contribution is 2.31. The fourth-order valence-electron chi connectivity index (χ4n) is 4.37. The van der Waals surface area contributed by atoms with Crippen LogP contribution in [-0.2, 0) is 4.79 Å². The number of aliphatic imine (C=N–C) groups is 1. The van der Waals surface area contributed by atoms with Crippen LogP contribution in [-0.4, -0.2) is 65.7 Å². The van der Waals surface area contributed by atoms with Gasteiger partial charge in [0.25, 0.3) is 5.91 Å². The summed E-state index contributed by atoms with van der Waals surface area (Å²) in [5.41, 5.74) is -0.813. The van der Waals surface area contributed by atoms with E-state index >= 15 is 0 Å². The summed E-state index contributed by atoms with van der Waals surface area (Å²) in [5, 5.41) is 18.5. The molecular weight excluding hydrogens is 334 g/mol. The van der Waals surface area contributed by atoms with Gasteiger partial charge < -0.3 is 20.6 Å². The van der Waals surface area contributed by atoms with E-state index in [1.165, 1.54) is 0 Å². The average Bonchev–Trinajstić information content (AvgIpc) is 3.14. The van der Waals surface area contributed by atoms with Crippen molar-refractivity contribution < 1.29 is 14.7 Å². The van der Waals surface area contributed by atoms with Gasteiger partial charge in [-0.3, -0.25) is 15.1 Å². The van der Waals surface area contributed by atoms with E-state index in [0.29, 0.717) is 6.54 Å². The Morgan fingerprint density at radius 3 is 2.58 bits per heavy atom. The summed E-state index contributed by atoms with van der Waals surface area (Å²) in [7, 11) is 0. The molecule has 4 N–H and O–H groups in total. The number of piperidine rings is 1. The van der Waals surface area contributed by atoms with Crippen molar-refractivity contribution in [2.45, 2.75) is 57.6 Å². The molecule has 0 aromatic carbocycles. The van der Waals surface area contributed by atoms with E-state index in [1.807, 2.05) is 13.8 Å². The van der Waals surface area contributed by atoms with E-state index in [4.69, 9.17) is 4.99 Å². The first-order valence-electron chi connectivity index (χ1n) is 9.79. The molecule has 0 aromatic heterocycles. The first kappa shape index (κ1) is 18.9. The van der Waals surface area contributed by atoms with Crippen LogP contribution in [0.1, 0.15) is 46.0 Å². The standard InChI is InChI=1S/C18H31N5O3/c1-3-19-16(20-11-12-5-4-6-14(12)24)23-9-7-13(8-10-23)18(2)15(25)21-17(26)22-18/h12-14,24H,3-11H2,1-2H3,(H,19,20)(H2,21,22,25,26). The van der Waals surface area contributed by atoms with Crippen LogP contribution in [0.25, 0.3) is 0 Å². The van der Waals surface area contributed by atoms with Gasteiger partial charge in [0.05, 0.1) is 6.10 Å². The molecule has 3 rings (SSSR count). The maximum absolute atomic E-state index is 12.1. The number of hydrogen-bond donors (Lipinski definition) is 4. The number of urea groups is 1. The number of imide groups is 1. The minimum Gasteiger partial charge on any atom is -0.393 e. The van der Waals surface area contributed by atoms with E-state index in [-0.39, 0.29) is 23.8 Å². The molecule has 26 heavy (non-hydrogen) atoms. The van der Waals surface area contributed by atoms with Crippen molar-refractivity contribution in [1.29, 1.82) is 0 Å². The number of hydrogen-bond acceptors (Lipinski definition) is 4. The van der Waals surface area contributed by atoms with Crippen LogP contribution in [0.4, 0.5) is 4.79 Å². The van der Waals surface area contributed by atoms with Crippen LogP contribution in [0.2, 0.25) is 0 Å². The molecule has 8 nitrogen and oxygen atoms in total. The van der Waals surface area contributed by atoms with Gasteiger partial charge in [0.1, 0.15) is 5.54 Å². The van der Waals surface area contributed by atoms with Crippen LogP contribution in [0.5, 0.6) is 0 Å². The van der Waals surface area contributed by atoms with Crippen molar-refractivity contribution in [1.82, 2.24) is 20.9 Å². The highest BCUT2D eigenvalue weighted by molar-refractivity contribution is 6.07. The van der Waals surface area contributed by atoms with E-state index < -0.39 is 11.6 Å². The number of nitrogens with zero attached hydrogens (tertiary/aromatic N) is 2. The average molecular weight is 365 g/mol. The van der Waals surface area contributed by atoms with Gasteiger partial charge >= 0.3 is 6.03 Å². The van der Waals surface area contributed by atoms with Gasteiger partial charge in [-0.1, -0.05) is 6.42 Å². The fourth-order valence-corrected chi connectivity index (χ4v) is 4.37. The quantitative estimate of drug-likeness (QED) is 0.328. The third-order valence-corrected chi connectivity index (χ3v) is 6.11. The molecule has 0 aromatic rings. The van der Waals surface area contributed by atoms with Crippen molar-refractivity contribution in [2.24, 2.45) is 16.8 Å². The lowest BCUT2D eigenvalue weighted by Crippen LogP contribution is -2.55. The maximum atomic E-state index is 12.1. The summed E-state index contributed by atoms with van der Waals surface area (Å²) in [6.07, 6.45) is 4.42. The van der Waals surface area contributed by atoms with Gasteiger partial charge in [0.15, 0.2) is 5.96 Å². The van der Waals surface area contributed by atoms with Crippen molar-refractivity contribution in [3.8, 4) is 0 Å². The van der Waals surface area contributed by atoms with Gasteiger partial charge in [-0.2, -0.15) is 0 Å². The lowest BCUT2D eigenvalue weighted by molar-refractivity contribution is -0.125. The lowest BCUT2D eigenvalue weighted by Gasteiger charge is -2.39. The second-order valence-corrected chi connectivity index (χ2v) is 7.82. The number of likely N-dealkylation sites (tertiary alicyclic amines) is 1. The number of rotatable bonds is 4. The Balaban J connectivity index is 1.59. The molecule has 2 heterocycles. The summed E-state index contributed by atoms with van der Waals surface area (Å²) < 4.78 is 0. The van der Waals surface area contributed by atoms with Crippen molar-refractivity contribution in [3.05, 3.63) is 0 Å². The smallest absolute Gasteiger partial charge is 0.322 e. The molecule has 0 radical (unpaired) electrons. The topological polar surface area (TPSA) is 106 Å². The predicted molar refractivity (Wildman–Crippen MR) is 98.7 cm³/mol. The van der Waals surface area contributed by atoms with Crippen LogP contribution < -0.4 is 16.0 Å². The number of aliphatic hydroxyl groups is 1. The molecule has 3 aliphatic rings. The van der Waals surface area contributed by atoms with Gasteiger partial charge in [0, 0.05) is 32.1 Å². The summed E-state index contributed by atoms with van der Waals surface area (Å²) in [6, 6.07) is -0.398. The normalized spacial score (nSPS) is 33.3. The minimum atomic E-state index is -0.813. The maximum Gasteiger partial charge on any atom is 0.322 e. The molecule has 0 spiro atoms. The van der Waals surface area contributed by atoms with Gasteiger partial charge in [0.2, 0.25) is 0 Å². The number of carbonyl (C=O) groups excluding carboxylic acids is 2. The highest BCUT2D eigenvalue weighted by Gasteiger charge is 2.48. The molecule has 3 unspecified atom stereocenters. The summed E-state index contributed by atoms with van der Waals surface area (Å²) >= 11 is 0. The fraction of sp³-hybridized carbons (Fsp3) is 0.833. The molecule has 2 saturated heterocycles. The molecule has 1 aliphatic carbocycles. The van der Waals surface area contributed by atoms with Crippen LogP contribution in [0.15, 0.2) is 4.99 Å². The minimum absolute atomic E-state index is 0.115. The Bertz CT molecular complexity index is 573. The van der Waals surface area contributed by atoms with Gasteiger partial charge in [-0.05, 0) is 45.4 Å². The molecule has 8 heteroatoms. The monoisotopic (exact) mass is 365 g/mol. The van der Waals surface area contributed by atoms with Gasteiger partial charge in [-0.15, -0.1) is 0 Å². The van der Waals surface area contributed by atoms with Gasteiger partial charge in [-0.25, -0.2) is 4.79 Å². The first-order valence-corrected chi connectivity index (χ1v) is 9.79. The SMILES string of the molecule is CCNC(=NCC1CCCC1O)N1CCC(C2(C)NC(=O)NC2=O)CC1. The number of aliphatic hydroxyl groups excluding tert-OH is 1. The largest absolute Gasteiger partial charge is 0.393 e. The summed E-state index contributed by atoms with van der Waals surface area (Å²) in [6.45, 7) is 6.90. The Morgan fingerprint density at radius 1 is 1.31 bits per heavy atom. The Labute approximate surface area is 154 Å². The Hall–Kier alpha value is -1.83. The van der Waals surface area contributed by atoms with E-state index in [2.05, 4.69) is 20.9 Å². The molecule has 1 saturated carbocycles. The number of amides is 3. The third-order valence-electron chi connectivity index (χ3n) is 6.11. The Kier molecular flexibility index (Phi) is 5.70. The van der Waals surface area contributed by atoms with Crippen molar-refractivity contribution >= 4 is 17.9 Å². The van der Waals surface area contributed by atoms with Crippen LogP contribution in [0, 0.1) is 11.8 Å². The molecule has 3 fully saturated rings. The number of nitrogens with one attached hydrogen (secondary N) is 3. The van der Waals surface area contributed by atoms with Crippen molar-refractivity contribution in [3.63, 3.8) is 0 Å². The molecular formula is C18H31N5O3. The third kappa shape index (κ3) is 3.79. The highest BCUT2D eigenvalue weighted by atomic mass is 16.3. The molecule has 3 atom stereocenters. The zero-order valence-electron chi connectivity index (χ0n) is 15.8. The molecule has 0 bridgehead atoms. The zero-order chi connectivity index (χ0) is 18.7. The second-order valence-electron chi connectivity index (χ2n) is 7.82. The number of guanidine groups is 1. The van der Waals surface area contributed by atoms with E-state index in [9.17, 15) is 14.7 Å². The molecule has 2 aliphatic heterocycles. The predicted octanol–water partition coefficient (Wildman–Crippen LogP) is 0.423. The molecule has 146 valence electrons. The second kappa shape index (κ2) is 7.82. The Morgan fingerprint density at radius 2 is 2.04 bits per heavy atom. The van der Waals surface area contributed by atoms with Crippen LogP contribution in [0.3, 0.4) is 0 Å². The first-order chi connectivity index (χ1) is 12.4.